The number of nitrogens with one attached hydrogen (secondary N) is 2. The summed E-state index contributed by atoms with van der Waals surface area (Å²) >= 11 is 0. The van der Waals surface area contributed by atoms with Gasteiger partial charge < -0.3 is 30.7 Å². The molecule has 0 spiro atoms. The summed E-state index contributed by atoms with van der Waals surface area (Å²) in [6.07, 6.45) is 4.52. The molecule has 5 N–H and O–H groups in total. The molecule has 4 aliphatic rings. The summed E-state index contributed by atoms with van der Waals surface area (Å²) in [4.78, 5) is 75.5. The van der Waals surface area contributed by atoms with Crippen LogP contribution in [0, 0.1) is 40.4 Å². The van der Waals surface area contributed by atoms with E-state index in [0.29, 0.717) is 25.7 Å². The fourth-order valence-corrected chi connectivity index (χ4v) is 9.41. The van der Waals surface area contributed by atoms with Crippen LogP contribution >= 0.6 is 0 Å². The van der Waals surface area contributed by atoms with Crippen LogP contribution in [-0.4, -0.2) is 81.0 Å². The van der Waals surface area contributed by atoms with Crippen molar-refractivity contribution < 1.29 is 48.8 Å². The zero-order chi connectivity index (χ0) is 35.8. The van der Waals surface area contributed by atoms with Crippen molar-refractivity contribution in [2.24, 2.45) is 40.4 Å². The van der Waals surface area contributed by atoms with Gasteiger partial charge in [-0.2, -0.15) is 0 Å². The van der Waals surface area contributed by atoms with Crippen molar-refractivity contribution in [3.05, 3.63) is 11.6 Å². The Bertz CT molecular complexity index is 1340. The van der Waals surface area contributed by atoms with Gasteiger partial charge in [0.1, 0.15) is 17.7 Å². The van der Waals surface area contributed by atoms with E-state index < -0.39 is 65.3 Å². The summed E-state index contributed by atoms with van der Waals surface area (Å²) in [5, 5.41) is 38.0. The topological polar surface area (TPSA) is 196 Å². The summed E-state index contributed by atoms with van der Waals surface area (Å²) in [5.74, 6) is -4.42. The smallest absolute Gasteiger partial charge is 0.326 e. The second-order valence-corrected chi connectivity index (χ2v) is 15.6. The summed E-state index contributed by atoms with van der Waals surface area (Å²) in [6, 6.07) is -2.13. The highest BCUT2D eigenvalue weighted by Crippen LogP contribution is 2.67. The van der Waals surface area contributed by atoms with E-state index in [1.54, 1.807) is 26.8 Å². The number of hydrogen-bond acceptors (Lipinski definition) is 9. The van der Waals surface area contributed by atoms with Crippen LogP contribution in [0.25, 0.3) is 0 Å². The Morgan fingerprint density at radius 3 is 2.31 bits per heavy atom. The Kier molecular flexibility index (Phi) is 11.3. The zero-order valence-corrected chi connectivity index (χ0v) is 29.2. The molecule has 2 amide bonds. The van der Waals surface area contributed by atoms with Gasteiger partial charge in [-0.25, -0.2) is 4.79 Å². The maximum Gasteiger partial charge on any atom is 0.326 e. The molecule has 0 bridgehead atoms. The molecule has 0 radical (unpaired) electrons. The molecule has 3 saturated carbocycles. The minimum atomic E-state index is -1.79. The van der Waals surface area contributed by atoms with E-state index in [0.717, 1.165) is 18.4 Å². The number of carbonyl (C=O) groups is 6. The number of allylic oxidation sites excluding steroid dienone is 1. The van der Waals surface area contributed by atoms with Gasteiger partial charge in [0.2, 0.25) is 17.6 Å². The Labute approximate surface area is 282 Å². The molecule has 12 nitrogen and oxygen atoms in total. The van der Waals surface area contributed by atoms with Gasteiger partial charge >= 0.3 is 11.9 Å². The van der Waals surface area contributed by atoms with Crippen molar-refractivity contribution in [1.82, 2.24) is 10.6 Å². The summed E-state index contributed by atoms with van der Waals surface area (Å²) < 4.78 is 5.23. The predicted octanol–water partition coefficient (Wildman–Crippen LogP) is 2.87. The van der Waals surface area contributed by atoms with Crippen LogP contribution in [0.3, 0.4) is 0 Å². The number of rotatable bonds is 13. The predicted molar refractivity (Wildman–Crippen MR) is 174 cm³/mol. The highest BCUT2D eigenvalue weighted by atomic mass is 16.5. The molecule has 0 aromatic rings. The number of esters is 1. The first-order chi connectivity index (χ1) is 22.4. The average molecular weight is 675 g/mol. The van der Waals surface area contributed by atoms with Crippen molar-refractivity contribution in [2.75, 3.05) is 6.61 Å². The van der Waals surface area contributed by atoms with E-state index in [1.807, 2.05) is 13.8 Å². The van der Waals surface area contributed by atoms with E-state index in [9.17, 15) is 44.1 Å². The fraction of sp³-hybridized carbons (Fsp3) is 0.778. The van der Waals surface area contributed by atoms with E-state index >= 15 is 0 Å². The monoisotopic (exact) mass is 674 g/mol. The molecule has 12 heteroatoms. The third kappa shape index (κ3) is 6.97. The molecule has 0 aromatic heterocycles. The molecule has 7 unspecified atom stereocenters. The molecule has 0 saturated heterocycles. The first kappa shape index (κ1) is 37.7. The van der Waals surface area contributed by atoms with Crippen LogP contribution in [-0.2, 0) is 33.5 Å². The number of carboxylic acids is 1. The Hall–Kier alpha value is -3.12. The Morgan fingerprint density at radius 1 is 1.00 bits per heavy atom. The lowest BCUT2D eigenvalue weighted by Gasteiger charge is -2.60. The van der Waals surface area contributed by atoms with Gasteiger partial charge in [-0.05, 0) is 79.6 Å². The number of hydrogen-bond donors (Lipinski definition) is 5. The highest BCUT2D eigenvalue weighted by molar-refractivity contribution is 5.93. The van der Waals surface area contributed by atoms with Crippen molar-refractivity contribution in [3.8, 4) is 0 Å². The summed E-state index contributed by atoms with van der Waals surface area (Å²) in [5.41, 5.74) is -1.90. The quantitative estimate of drug-likeness (QED) is 0.181. The lowest BCUT2D eigenvalue weighted by atomic mass is 9.45. The van der Waals surface area contributed by atoms with Gasteiger partial charge in [-0.1, -0.05) is 53.5 Å². The molecule has 0 heterocycles. The SMILES string of the molecule is CCC(C)C(NC(=O)C(NC(=O)CCC(=O)OCC(=O)[C@@]1(O)CCC2C3CCC4=CC(=O)CC[C@]4(C)C3C(O)C[C@@]21C)C(C)C)C(=O)O. The molecule has 268 valence electrons. The number of fused-ring (bicyclic) bond motifs is 5. The lowest BCUT2D eigenvalue weighted by Crippen LogP contribution is -2.62. The van der Waals surface area contributed by atoms with Gasteiger partial charge in [0.15, 0.2) is 12.4 Å². The minimum absolute atomic E-state index is 0.0164. The highest BCUT2D eigenvalue weighted by Gasteiger charge is 2.68. The van der Waals surface area contributed by atoms with Gasteiger partial charge in [-0.15, -0.1) is 0 Å². The molecule has 0 aromatic carbocycles. The second-order valence-electron chi connectivity index (χ2n) is 15.6. The van der Waals surface area contributed by atoms with E-state index in [2.05, 4.69) is 17.6 Å². The van der Waals surface area contributed by atoms with Crippen LogP contribution in [0.2, 0.25) is 0 Å². The summed E-state index contributed by atoms with van der Waals surface area (Å²) in [6.45, 7) is 10.3. The minimum Gasteiger partial charge on any atom is -0.480 e. The average Bonchev–Trinajstić information content (AvgIpc) is 3.29. The third-order valence-electron chi connectivity index (χ3n) is 12.5. The number of ketones is 2. The third-order valence-corrected chi connectivity index (χ3v) is 12.5. The molecule has 0 aliphatic heterocycles. The van der Waals surface area contributed by atoms with Crippen LogP contribution < -0.4 is 10.6 Å². The molecule has 4 rings (SSSR count). The molecule has 4 aliphatic carbocycles. The lowest BCUT2D eigenvalue weighted by molar-refractivity contribution is -0.184. The maximum absolute atomic E-state index is 13.5. The first-order valence-electron chi connectivity index (χ1n) is 17.5. The van der Waals surface area contributed by atoms with E-state index in [4.69, 9.17) is 4.74 Å². The fourth-order valence-electron chi connectivity index (χ4n) is 9.41. The molecule has 3 fully saturated rings. The number of aliphatic hydroxyl groups excluding tert-OH is 1. The molecule has 10 atom stereocenters. The van der Waals surface area contributed by atoms with Crippen LogP contribution in [0.5, 0.6) is 0 Å². The van der Waals surface area contributed by atoms with Crippen molar-refractivity contribution in [3.63, 3.8) is 0 Å². The van der Waals surface area contributed by atoms with Gasteiger partial charge in [0.25, 0.3) is 0 Å². The van der Waals surface area contributed by atoms with Crippen LogP contribution in [0.4, 0.5) is 0 Å². The van der Waals surface area contributed by atoms with Gasteiger partial charge in [0.05, 0.1) is 12.5 Å². The van der Waals surface area contributed by atoms with Crippen LogP contribution in [0.1, 0.15) is 106 Å². The van der Waals surface area contributed by atoms with Crippen molar-refractivity contribution in [2.45, 2.75) is 130 Å². The Morgan fingerprint density at radius 2 is 1.69 bits per heavy atom. The van der Waals surface area contributed by atoms with E-state index in [-0.39, 0.29) is 66.5 Å². The van der Waals surface area contributed by atoms with E-state index in [1.165, 1.54) is 0 Å². The molecular formula is C36H54N2O10. The van der Waals surface area contributed by atoms with Crippen molar-refractivity contribution >= 4 is 35.3 Å². The molecule has 48 heavy (non-hydrogen) atoms. The van der Waals surface area contributed by atoms with Crippen LogP contribution in [0.15, 0.2) is 11.6 Å². The van der Waals surface area contributed by atoms with Gasteiger partial charge in [-0.3, -0.25) is 24.0 Å². The number of aliphatic carboxylic acids is 1. The van der Waals surface area contributed by atoms with Crippen molar-refractivity contribution in [1.29, 1.82) is 0 Å². The molecular weight excluding hydrogens is 620 g/mol. The maximum atomic E-state index is 13.5. The number of carboxylic acid groups (broad SMARTS) is 1. The number of ether oxygens (including phenoxy) is 1. The second kappa shape index (κ2) is 14.4. The first-order valence-corrected chi connectivity index (χ1v) is 17.5. The van der Waals surface area contributed by atoms with Gasteiger partial charge in [0, 0.05) is 18.3 Å². The Balaban J connectivity index is 1.32. The summed E-state index contributed by atoms with van der Waals surface area (Å²) in [7, 11) is 0. The standard InChI is InChI=1S/C36H54N2O10/c1-7-20(4)31(33(45)46)38-32(44)30(19(2)3)37-27(42)10-11-28(43)48-18-26(41)36(47)15-13-24-23-9-8-21-16-22(39)12-14-34(21,5)29(23)25(40)17-35(24,36)6/h16,19-20,23-25,29-31,40,47H,7-15,17-18H2,1-6H3,(H,37,42)(H,38,44)(H,45,46)/t20?,23?,24?,25?,29?,30?,31?,34-,35-,36-/m0/s1. The normalized spacial score (nSPS) is 34.4. The number of carbonyl (C=O) groups excluding carboxylic acids is 5. The number of amides is 2. The number of aliphatic hydroxyl groups is 2. The largest absolute Gasteiger partial charge is 0.480 e. The number of Topliss-reactive ketones (excluding diaryl/α,β-unsaturated/α-hetero) is 1. The zero-order valence-electron chi connectivity index (χ0n) is 29.2.